The molecule has 0 aromatic carbocycles. The Labute approximate surface area is 113 Å². The summed E-state index contributed by atoms with van der Waals surface area (Å²) >= 11 is 0. The number of carbonyl (C=O) groups excluding carboxylic acids is 1. The Morgan fingerprint density at radius 3 is 2.89 bits per heavy atom. The molecule has 1 aromatic rings. The van der Waals surface area contributed by atoms with Crippen LogP contribution in [0.3, 0.4) is 0 Å². The van der Waals surface area contributed by atoms with Crippen LogP contribution < -0.4 is 5.32 Å². The second-order valence-corrected chi connectivity index (χ2v) is 3.81. The predicted molar refractivity (Wildman–Crippen MR) is 71.4 cm³/mol. The van der Waals surface area contributed by atoms with E-state index in [9.17, 15) is 4.79 Å². The quantitative estimate of drug-likeness (QED) is 0.538. The van der Waals surface area contributed by atoms with E-state index in [0.717, 1.165) is 18.7 Å². The molecule has 0 atom stereocenters. The molecule has 0 saturated carbocycles. The van der Waals surface area contributed by atoms with Gasteiger partial charge in [-0.05, 0) is 18.6 Å². The van der Waals surface area contributed by atoms with Crippen molar-refractivity contribution in [1.29, 1.82) is 0 Å². The van der Waals surface area contributed by atoms with Crippen LogP contribution >= 0.6 is 0 Å². The van der Waals surface area contributed by atoms with E-state index in [0.29, 0.717) is 25.5 Å². The minimum Gasteiger partial charge on any atom is -0.464 e. The molecular weight excluding hydrogens is 248 g/mol. The number of nitrogens with one attached hydrogen (secondary N) is 1. The standard InChI is InChI=1S/C13H20N2O4/c1-17-8-9-19-7-3-5-14-11-4-6-15-12(10-11)13(16)18-2/h4,6,10H,3,5,7-9H2,1-2H3,(H,14,15). The molecule has 6 nitrogen and oxygen atoms in total. The van der Waals surface area contributed by atoms with Crippen molar-refractivity contribution in [3.05, 3.63) is 24.0 Å². The first-order chi connectivity index (χ1) is 9.27. The first kappa shape index (κ1) is 15.4. The van der Waals surface area contributed by atoms with Crippen molar-refractivity contribution in [3.8, 4) is 0 Å². The van der Waals surface area contributed by atoms with Crippen LogP contribution in [0.4, 0.5) is 5.69 Å². The molecule has 0 fully saturated rings. The Balaban J connectivity index is 2.24. The molecular formula is C13H20N2O4. The summed E-state index contributed by atoms with van der Waals surface area (Å²) in [5.41, 5.74) is 1.14. The fourth-order valence-corrected chi connectivity index (χ4v) is 1.41. The zero-order valence-corrected chi connectivity index (χ0v) is 11.3. The van der Waals surface area contributed by atoms with Gasteiger partial charge in [0.15, 0.2) is 0 Å². The summed E-state index contributed by atoms with van der Waals surface area (Å²) in [6.07, 6.45) is 2.45. The van der Waals surface area contributed by atoms with Crippen LogP contribution in [0.5, 0.6) is 0 Å². The van der Waals surface area contributed by atoms with Gasteiger partial charge in [-0.1, -0.05) is 0 Å². The van der Waals surface area contributed by atoms with Crippen LogP contribution in [0, 0.1) is 0 Å². The largest absolute Gasteiger partial charge is 0.464 e. The lowest BCUT2D eigenvalue weighted by molar-refractivity contribution is 0.0594. The Morgan fingerprint density at radius 2 is 2.16 bits per heavy atom. The van der Waals surface area contributed by atoms with Gasteiger partial charge < -0.3 is 19.5 Å². The number of ether oxygens (including phenoxy) is 3. The van der Waals surface area contributed by atoms with Gasteiger partial charge in [0.25, 0.3) is 0 Å². The van der Waals surface area contributed by atoms with Crippen molar-refractivity contribution in [2.24, 2.45) is 0 Å². The van der Waals surface area contributed by atoms with Crippen LogP contribution in [-0.4, -0.2) is 51.5 Å². The monoisotopic (exact) mass is 268 g/mol. The molecule has 1 rings (SSSR count). The van der Waals surface area contributed by atoms with E-state index in [-0.39, 0.29) is 0 Å². The molecule has 106 valence electrons. The summed E-state index contributed by atoms with van der Waals surface area (Å²) in [7, 11) is 2.98. The molecule has 1 N–H and O–H groups in total. The maximum Gasteiger partial charge on any atom is 0.356 e. The molecule has 0 aliphatic heterocycles. The number of methoxy groups -OCH3 is 2. The van der Waals surface area contributed by atoms with Crippen LogP contribution in [0.1, 0.15) is 16.9 Å². The van der Waals surface area contributed by atoms with Crippen LogP contribution in [0.25, 0.3) is 0 Å². The van der Waals surface area contributed by atoms with Gasteiger partial charge >= 0.3 is 5.97 Å². The lowest BCUT2D eigenvalue weighted by Gasteiger charge is -2.07. The maximum absolute atomic E-state index is 11.3. The normalized spacial score (nSPS) is 10.2. The first-order valence-electron chi connectivity index (χ1n) is 6.13. The van der Waals surface area contributed by atoms with E-state index in [1.807, 2.05) is 0 Å². The van der Waals surface area contributed by atoms with Crippen molar-refractivity contribution >= 4 is 11.7 Å². The topological polar surface area (TPSA) is 69.7 Å². The molecule has 0 spiro atoms. The highest BCUT2D eigenvalue weighted by Gasteiger charge is 2.06. The SMILES string of the molecule is COCCOCCCNc1ccnc(C(=O)OC)c1. The molecule has 1 heterocycles. The summed E-state index contributed by atoms with van der Waals surface area (Å²) in [4.78, 5) is 15.2. The third kappa shape index (κ3) is 6.17. The minimum atomic E-state index is -0.438. The third-order valence-corrected chi connectivity index (χ3v) is 2.38. The fraction of sp³-hybridized carbons (Fsp3) is 0.538. The van der Waals surface area contributed by atoms with Crippen LogP contribution in [0.15, 0.2) is 18.3 Å². The molecule has 0 amide bonds. The molecule has 0 unspecified atom stereocenters. The van der Waals surface area contributed by atoms with E-state index in [2.05, 4.69) is 15.0 Å². The van der Waals surface area contributed by atoms with Gasteiger partial charge in [-0.15, -0.1) is 0 Å². The second-order valence-electron chi connectivity index (χ2n) is 3.81. The molecule has 0 aliphatic rings. The molecule has 19 heavy (non-hydrogen) atoms. The Hall–Kier alpha value is -1.66. The zero-order chi connectivity index (χ0) is 13.9. The highest BCUT2D eigenvalue weighted by atomic mass is 16.5. The summed E-state index contributed by atoms with van der Waals surface area (Å²) in [6.45, 7) is 2.65. The number of hydrogen-bond donors (Lipinski definition) is 1. The smallest absolute Gasteiger partial charge is 0.356 e. The maximum atomic E-state index is 11.3. The van der Waals surface area contributed by atoms with E-state index in [1.165, 1.54) is 7.11 Å². The van der Waals surface area contributed by atoms with Gasteiger partial charge in [0.2, 0.25) is 0 Å². The Kier molecular flexibility index (Phi) is 7.53. The molecule has 0 radical (unpaired) electrons. The minimum absolute atomic E-state index is 0.295. The number of aromatic nitrogens is 1. The lowest BCUT2D eigenvalue weighted by atomic mass is 10.3. The zero-order valence-electron chi connectivity index (χ0n) is 11.3. The Morgan fingerprint density at radius 1 is 1.32 bits per heavy atom. The van der Waals surface area contributed by atoms with Gasteiger partial charge in [-0.3, -0.25) is 0 Å². The first-order valence-corrected chi connectivity index (χ1v) is 6.13. The van der Waals surface area contributed by atoms with E-state index in [4.69, 9.17) is 9.47 Å². The van der Waals surface area contributed by atoms with Crippen molar-refractivity contribution in [3.63, 3.8) is 0 Å². The highest BCUT2D eigenvalue weighted by molar-refractivity contribution is 5.88. The molecule has 6 heteroatoms. The fourth-order valence-electron chi connectivity index (χ4n) is 1.41. The molecule has 0 bridgehead atoms. The van der Waals surface area contributed by atoms with E-state index >= 15 is 0 Å². The summed E-state index contributed by atoms with van der Waals surface area (Å²) in [6, 6.07) is 3.47. The summed E-state index contributed by atoms with van der Waals surface area (Å²) in [5.74, 6) is -0.438. The van der Waals surface area contributed by atoms with Crippen LogP contribution in [-0.2, 0) is 14.2 Å². The molecule has 0 saturated heterocycles. The number of anilines is 1. The van der Waals surface area contributed by atoms with Crippen LogP contribution in [0.2, 0.25) is 0 Å². The number of hydrogen-bond acceptors (Lipinski definition) is 6. The second kappa shape index (κ2) is 9.29. The lowest BCUT2D eigenvalue weighted by Crippen LogP contribution is -2.09. The average Bonchev–Trinajstić information content (AvgIpc) is 2.46. The molecule has 0 aliphatic carbocycles. The number of esters is 1. The molecule has 1 aromatic heterocycles. The van der Waals surface area contributed by atoms with Crippen molar-refractivity contribution in [2.75, 3.05) is 45.9 Å². The van der Waals surface area contributed by atoms with Gasteiger partial charge in [0, 0.05) is 32.1 Å². The number of pyridine rings is 1. The third-order valence-electron chi connectivity index (χ3n) is 2.38. The average molecular weight is 268 g/mol. The number of rotatable bonds is 9. The summed E-state index contributed by atoms with van der Waals surface area (Å²) < 4.78 is 14.8. The van der Waals surface area contributed by atoms with E-state index < -0.39 is 5.97 Å². The van der Waals surface area contributed by atoms with E-state index in [1.54, 1.807) is 25.4 Å². The van der Waals surface area contributed by atoms with Gasteiger partial charge in [-0.25, -0.2) is 9.78 Å². The predicted octanol–water partition coefficient (Wildman–Crippen LogP) is 1.33. The van der Waals surface area contributed by atoms with Gasteiger partial charge in [0.05, 0.1) is 20.3 Å². The Bertz CT molecular complexity index is 385. The summed E-state index contributed by atoms with van der Waals surface area (Å²) in [5, 5.41) is 3.20. The highest BCUT2D eigenvalue weighted by Crippen LogP contribution is 2.08. The number of carbonyl (C=O) groups is 1. The van der Waals surface area contributed by atoms with Crippen molar-refractivity contribution < 1.29 is 19.0 Å². The van der Waals surface area contributed by atoms with Gasteiger partial charge in [0.1, 0.15) is 5.69 Å². The number of nitrogens with zero attached hydrogens (tertiary/aromatic N) is 1. The van der Waals surface area contributed by atoms with Crippen molar-refractivity contribution in [2.45, 2.75) is 6.42 Å². The van der Waals surface area contributed by atoms with Crippen molar-refractivity contribution in [1.82, 2.24) is 4.98 Å². The van der Waals surface area contributed by atoms with Gasteiger partial charge in [-0.2, -0.15) is 0 Å².